The molecule has 0 saturated heterocycles. The topological polar surface area (TPSA) is 93.4 Å². The first kappa shape index (κ1) is 23.4. The number of ether oxygens (including phenoxy) is 1. The normalized spacial score (nSPS) is 23.1. The molecule has 0 aromatic heterocycles. The summed E-state index contributed by atoms with van der Waals surface area (Å²) in [6.07, 6.45) is 0.967. The van der Waals surface area contributed by atoms with Crippen molar-refractivity contribution in [3.63, 3.8) is 0 Å². The average molecular weight is 398 g/mol. The van der Waals surface area contributed by atoms with Crippen LogP contribution in [-0.4, -0.2) is 30.1 Å². The van der Waals surface area contributed by atoms with Gasteiger partial charge in [-0.1, -0.05) is 27.7 Å². The Hall–Kier alpha value is -1.63. The van der Waals surface area contributed by atoms with Crippen LogP contribution in [0.4, 0.5) is 11.4 Å². The van der Waals surface area contributed by atoms with E-state index in [1.807, 2.05) is 34.6 Å². The summed E-state index contributed by atoms with van der Waals surface area (Å²) in [7, 11) is 0. The van der Waals surface area contributed by atoms with Gasteiger partial charge in [0.15, 0.2) is 0 Å². The summed E-state index contributed by atoms with van der Waals surface area (Å²) in [6, 6.07) is 7.06. The summed E-state index contributed by atoms with van der Waals surface area (Å²) < 4.78 is 5.67. The fourth-order valence-corrected chi connectivity index (χ4v) is 3.28. The van der Waals surface area contributed by atoms with E-state index in [2.05, 4.69) is 10.6 Å². The van der Waals surface area contributed by atoms with Crippen molar-refractivity contribution in [3.8, 4) is 0 Å². The molecule has 4 N–H and O–H groups in total. The molecule has 1 saturated carbocycles. The Bertz CT molecular complexity index is 661. The van der Waals surface area contributed by atoms with Crippen molar-refractivity contribution in [2.45, 2.75) is 59.1 Å². The minimum Gasteiger partial charge on any atom is -0.378 e. The molecule has 7 heteroatoms. The molecule has 2 unspecified atom stereocenters. The molecule has 152 valence electrons. The number of carbonyl (C=O) groups excluding carboxylic acids is 2. The molecule has 0 aliphatic heterocycles. The third-order valence-corrected chi connectivity index (χ3v) is 5.26. The number of anilines is 2. The Labute approximate surface area is 168 Å². The van der Waals surface area contributed by atoms with Crippen LogP contribution in [0.25, 0.3) is 0 Å². The molecule has 1 aliphatic rings. The number of rotatable bonds is 7. The fraction of sp³-hybridized carbons (Fsp3) is 0.600. The fourth-order valence-electron chi connectivity index (χ4n) is 3.28. The third-order valence-electron chi connectivity index (χ3n) is 5.26. The van der Waals surface area contributed by atoms with Gasteiger partial charge in [-0.15, -0.1) is 12.4 Å². The molecule has 0 heterocycles. The van der Waals surface area contributed by atoms with Crippen LogP contribution in [0, 0.1) is 11.3 Å². The van der Waals surface area contributed by atoms with Crippen LogP contribution >= 0.6 is 12.4 Å². The van der Waals surface area contributed by atoms with Gasteiger partial charge in [0.1, 0.15) is 5.54 Å². The van der Waals surface area contributed by atoms with Crippen LogP contribution in [0.15, 0.2) is 24.3 Å². The molecule has 2 atom stereocenters. The number of benzene rings is 1. The van der Waals surface area contributed by atoms with Gasteiger partial charge >= 0.3 is 0 Å². The summed E-state index contributed by atoms with van der Waals surface area (Å²) in [6.45, 7) is 10.5. The van der Waals surface area contributed by atoms with Crippen LogP contribution in [0.5, 0.6) is 0 Å². The highest BCUT2D eigenvalue weighted by Crippen LogP contribution is 2.50. The van der Waals surface area contributed by atoms with E-state index in [1.54, 1.807) is 24.3 Å². The first-order valence-corrected chi connectivity index (χ1v) is 9.22. The van der Waals surface area contributed by atoms with E-state index in [0.29, 0.717) is 36.7 Å². The quantitative estimate of drug-likeness (QED) is 0.655. The standard InChI is InChI=1S/C20H31N3O3.ClH/c1-6-26-16-12-20(21,19(16,4)5)18(25)23-15-9-7-14(8-10-15)22-17(24)11-13(2)3;/h7-10,13,16H,6,11-12,21H2,1-5H3,(H,22,24)(H,23,25);1H. The van der Waals surface area contributed by atoms with E-state index in [-0.39, 0.29) is 30.3 Å². The van der Waals surface area contributed by atoms with Gasteiger partial charge in [0.05, 0.1) is 6.10 Å². The van der Waals surface area contributed by atoms with E-state index in [9.17, 15) is 9.59 Å². The lowest BCUT2D eigenvalue weighted by Gasteiger charge is -2.57. The number of nitrogens with one attached hydrogen (secondary N) is 2. The van der Waals surface area contributed by atoms with Crippen molar-refractivity contribution in [3.05, 3.63) is 24.3 Å². The van der Waals surface area contributed by atoms with Gasteiger partial charge in [-0.2, -0.15) is 0 Å². The van der Waals surface area contributed by atoms with Gasteiger partial charge in [0.2, 0.25) is 11.8 Å². The maximum absolute atomic E-state index is 12.7. The van der Waals surface area contributed by atoms with Crippen molar-refractivity contribution in [2.24, 2.45) is 17.1 Å². The van der Waals surface area contributed by atoms with E-state index >= 15 is 0 Å². The van der Waals surface area contributed by atoms with E-state index in [1.165, 1.54) is 0 Å². The van der Waals surface area contributed by atoms with Gasteiger partial charge in [0.25, 0.3) is 0 Å². The van der Waals surface area contributed by atoms with Gasteiger partial charge in [-0.25, -0.2) is 0 Å². The summed E-state index contributed by atoms with van der Waals surface area (Å²) in [5.41, 5.74) is 6.35. The second-order valence-electron chi connectivity index (χ2n) is 8.02. The molecule has 0 radical (unpaired) electrons. The second-order valence-corrected chi connectivity index (χ2v) is 8.02. The second kappa shape index (κ2) is 9.04. The zero-order valence-corrected chi connectivity index (χ0v) is 17.6. The van der Waals surface area contributed by atoms with Gasteiger partial charge in [-0.05, 0) is 37.1 Å². The summed E-state index contributed by atoms with van der Waals surface area (Å²) in [5.74, 6) is 0.0755. The highest BCUT2D eigenvalue weighted by Gasteiger charge is 2.62. The lowest BCUT2D eigenvalue weighted by atomic mass is 9.54. The Kier molecular flexibility index (Phi) is 7.84. The number of halogens is 1. The van der Waals surface area contributed by atoms with Crippen LogP contribution in [0.1, 0.15) is 47.5 Å². The Balaban J connectivity index is 0.00000364. The summed E-state index contributed by atoms with van der Waals surface area (Å²) >= 11 is 0. The van der Waals surface area contributed by atoms with E-state index in [4.69, 9.17) is 10.5 Å². The smallest absolute Gasteiger partial charge is 0.245 e. The monoisotopic (exact) mass is 397 g/mol. The van der Waals surface area contributed by atoms with Gasteiger partial charge < -0.3 is 21.1 Å². The Morgan fingerprint density at radius 2 is 1.70 bits per heavy atom. The van der Waals surface area contributed by atoms with E-state index < -0.39 is 11.0 Å². The first-order chi connectivity index (χ1) is 12.1. The van der Waals surface area contributed by atoms with Crippen LogP contribution in [0.2, 0.25) is 0 Å². The molecule has 1 aromatic rings. The molecule has 6 nitrogen and oxygen atoms in total. The van der Waals surface area contributed by atoms with Gasteiger partial charge in [0, 0.05) is 36.2 Å². The lowest BCUT2D eigenvalue weighted by Crippen LogP contribution is -2.74. The SMILES string of the molecule is CCOC1CC(N)(C(=O)Nc2ccc(NC(=O)CC(C)C)cc2)C1(C)C.Cl. The Morgan fingerprint density at radius 3 is 2.15 bits per heavy atom. The number of hydrogen-bond donors (Lipinski definition) is 3. The maximum atomic E-state index is 12.7. The average Bonchev–Trinajstić information content (AvgIpc) is 2.55. The molecule has 2 rings (SSSR count). The number of carbonyl (C=O) groups is 2. The molecule has 1 aromatic carbocycles. The predicted molar refractivity (Wildman–Crippen MR) is 111 cm³/mol. The van der Waals surface area contributed by atoms with Crippen molar-refractivity contribution in [2.75, 3.05) is 17.2 Å². The lowest BCUT2D eigenvalue weighted by molar-refractivity contribution is -0.166. The predicted octanol–water partition coefficient (Wildman–Crippen LogP) is 3.56. The summed E-state index contributed by atoms with van der Waals surface area (Å²) in [4.78, 5) is 24.5. The first-order valence-electron chi connectivity index (χ1n) is 9.22. The van der Waals surface area contributed by atoms with Crippen LogP contribution in [-0.2, 0) is 14.3 Å². The van der Waals surface area contributed by atoms with E-state index in [0.717, 1.165) is 0 Å². The highest BCUT2D eigenvalue weighted by atomic mass is 35.5. The molecular formula is C20H32ClN3O3. The van der Waals surface area contributed by atoms with Gasteiger partial charge in [-0.3, -0.25) is 9.59 Å². The van der Waals surface area contributed by atoms with Crippen molar-refractivity contribution >= 4 is 35.6 Å². The molecule has 0 bridgehead atoms. The molecule has 1 fully saturated rings. The molecular weight excluding hydrogens is 366 g/mol. The van der Waals surface area contributed by atoms with Crippen molar-refractivity contribution in [1.29, 1.82) is 0 Å². The molecule has 2 amide bonds. The molecule has 1 aliphatic carbocycles. The number of hydrogen-bond acceptors (Lipinski definition) is 4. The zero-order chi connectivity index (χ0) is 19.5. The summed E-state index contributed by atoms with van der Waals surface area (Å²) in [5, 5.41) is 5.73. The minimum atomic E-state index is -0.961. The molecule has 27 heavy (non-hydrogen) atoms. The largest absolute Gasteiger partial charge is 0.378 e. The number of amides is 2. The third kappa shape index (κ3) is 5.00. The van der Waals surface area contributed by atoms with Crippen molar-refractivity contribution < 1.29 is 14.3 Å². The maximum Gasteiger partial charge on any atom is 0.245 e. The Morgan fingerprint density at radius 1 is 1.19 bits per heavy atom. The zero-order valence-electron chi connectivity index (χ0n) is 16.8. The minimum absolute atomic E-state index is 0. The number of nitrogens with two attached hydrogens (primary N) is 1. The molecule has 0 spiro atoms. The van der Waals surface area contributed by atoms with Crippen molar-refractivity contribution in [1.82, 2.24) is 0 Å². The highest BCUT2D eigenvalue weighted by molar-refractivity contribution is 6.00. The van der Waals surface area contributed by atoms with Crippen LogP contribution < -0.4 is 16.4 Å². The van der Waals surface area contributed by atoms with Crippen LogP contribution in [0.3, 0.4) is 0 Å².